The van der Waals surface area contributed by atoms with Gasteiger partial charge in [-0.1, -0.05) is 54.6 Å². The van der Waals surface area contributed by atoms with Gasteiger partial charge in [-0.25, -0.2) is 5.06 Å². The molecule has 2 aliphatic rings. The minimum absolute atomic E-state index is 0.181. The van der Waals surface area contributed by atoms with Gasteiger partial charge in [0, 0.05) is 6.54 Å². The highest BCUT2D eigenvalue weighted by Gasteiger charge is 2.40. The summed E-state index contributed by atoms with van der Waals surface area (Å²) in [5.74, 6) is -0.181. The van der Waals surface area contributed by atoms with Crippen molar-refractivity contribution in [2.24, 2.45) is 0 Å². The van der Waals surface area contributed by atoms with E-state index < -0.39 is 17.8 Å². The van der Waals surface area contributed by atoms with Crippen LogP contribution in [0.5, 0.6) is 0 Å². The number of hydroxylamine groups is 2. The van der Waals surface area contributed by atoms with Crippen molar-refractivity contribution in [2.45, 2.75) is 24.7 Å². The molecule has 7 heteroatoms. The molecule has 0 N–H and O–H groups in total. The molecule has 1 unspecified atom stereocenters. The highest BCUT2D eigenvalue weighted by Crippen LogP contribution is 2.37. The first-order chi connectivity index (χ1) is 13.4. The van der Waals surface area contributed by atoms with Gasteiger partial charge < -0.3 is 0 Å². The average Bonchev–Trinajstić information content (AvgIpc) is 2.67. The molecule has 4 nitrogen and oxygen atoms in total. The second-order valence-corrected chi connectivity index (χ2v) is 6.91. The van der Waals surface area contributed by atoms with Gasteiger partial charge in [-0.15, -0.1) is 0 Å². The molecule has 0 aliphatic carbocycles. The topological polar surface area (TPSA) is 32.8 Å². The maximum atomic E-state index is 13.1. The van der Waals surface area contributed by atoms with Crippen LogP contribution in [0.15, 0.2) is 66.7 Å². The van der Waals surface area contributed by atoms with E-state index in [1.807, 2.05) is 47.4 Å². The van der Waals surface area contributed by atoms with Crippen LogP contribution in [-0.4, -0.2) is 35.2 Å². The molecule has 2 heterocycles. The molecular weight excluding hydrogens is 369 g/mol. The van der Waals surface area contributed by atoms with Gasteiger partial charge in [-0.3, -0.25) is 14.5 Å². The quantitative estimate of drug-likeness (QED) is 0.747. The van der Waals surface area contributed by atoms with E-state index in [1.54, 1.807) is 6.07 Å². The van der Waals surface area contributed by atoms with Gasteiger partial charge in [0.15, 0.2) is 0 Å². The maximum Gasteiger partial charge on any atom is 0.416 e. The molecule has 0 saturated carbocycles. The molecule has 0 aromatic heterocycles. The molecule has 0 spiro atoms. The Morgan fingerprint density at radius 1 is 1.11 bits per heavy atom. The number of hydrogen-bond acceptors (Lipinski definition) is 3. The van der Waals surface area contributed by atoms with Crippen LogP contribution in [0, 0.1) is 0 Å². The van der Waals surface area contributed by atoms with Gasteiger partial charge >= 0.3 is 6.18 Å². The number of halogens is 3. The van der Waals surface area contributed by atoms with E-state index in [1.165, 1.54) is 11.1 Å². The second kappa shape index (κ2) is 7.41. The Kier molecular flexibility index (Phi) is 4.95. The van der Waals surface area contributed by atoms with Crippen LogP contribution in [-0.2, 0) is 22.2 Å². The van der Waals surface area contributed by atoms with Crippen LogP contribution in [0.3, 0.4) is 0 Å². The summed E-state index contributed by atoms with van der Waals surface area (Å²) in [4.78, 5) is 20.4. The lowest BCUT2D eigenvalue weighted by atomic mass is 9.94. The molecular formula is C21H19F3N2O2. The molecule has 146 valence electrons. The monoisotopic (exact) mass is 388 g/mol. The van der Waals surface area contributed by atoms with E-state index in [9.17, 15) is 18.0 Å². The van der Waals surface area contributed by atoms with Crippen LogP contribution in [0.4, 0.5) is 13.2 Å². The van der Waals surface area contributed by atoms with E-state index in [0.717, 1.165) is 17.7 Å². The number of amides is 1. The molecule has 1 saturated heterocycles. The molecule has 4 rings (SSSR count). The van der Waals surface area contributed by atoms with Crippen LogP contribution < -0.4 is 0 Å². The van der Waals surface area contributed by atoms with Crippen molar-refractivity contribution in [3.63, 3.8) is 0 Å². The smallest absolute Gasteiger partial charge is 0.272 e. The number of nitrogens with zero attached hydrogens (tertiary/aromatic N) is 2. The zero-order valence-corrected chi connectivity index (χ0v) is 15.0. The van der Waals surface area contributed by atoms with Crippen molar-refractivity contribution in [2.75, 3.05) is 13.2 Å². The molecule has 1 fully saturated rings. The molecule has 2 bridgehead atoms. The van der Waals surface area contributed by atoms with Crippen LogP contribution in [0.1, 0.15) is 22.7 Å². The van der Waals surface area contributed by atoms with Crippen LogP contribution >= 0.6 is 0 Å². The van der Waals surface area contributed by atoms with Gasteiger partial charge in [0.2, 0.25) is 0 Å². The Morgan fingerprint density at radius 2 is 1.89 bits per heavy atom. The third-order valence-corrected chi connectivity index (χ3v) is 4.96. The van der Waals surface area contributed by atoms with E-state index >= 15 is 0 Å². The van der Waals surface area contributed by atoms with Crippen molar-refractivity contribution >= 4 is 5.91 Å². The van der Waals surface area contributed by atoms with Crippen molar-refractivity contribution in [3.05, 3.63) is 83.4 Å². The molecule has 3 atom stereocenters. The summed E-state index contributed by atoms with van der Waals surface area (Å²) in [6.45, 7) is 0.739. The van der Waals surface area contributed by atoms with Crippen molar-refractivity contribution in [1.82, 2.24) is 9.96 Å². The summed E-state index contributed by atoms with van der Waals surface area (Å²) in [7, 11) is 0. The van der Waals surface area contributed by atoms with E-state index in [-0.39, 0.29) is 25.0 Å². The van der Waals surface area contributed by atoms with Gasteiger partial charge in [-0.2, -0.15) is 13.2 Å². The predicted octanol–water partition coefficient (Wildman–Crippen LogP) is 3.96. The summed E-state index contributed by atoms with van der Waals surface area (Å²) in [5, 5.41) is 1.31. The number of carbonyl (C=O) groups is 1. The highest BCUT2D eigenvalue weighted by molar-refractivity contribution is 5.77. The summed E-state index contributed by atoms with van der Waals surface area (Å²) >= 11 is 0. The number of rotatable bonds is 3. The predicted molar refractivity (Wildman–Crippen MR) is 96.8 cm³/mol. The molecule has 2 aliphatic heterocycles. The van der Waals surface area contributed by atoms with Crippen molar-refractivity contribution < 1.29 is 22.8 Å². The van der Waals surface area contributed by atoms with Gasteiger partial charge in [-0.05, 0) is 23.3 Å². The Morgan fingerprint density at radius 3 is 2.61 bits per heavy atom. The number of carbonyl (C=O) groups excluding carboxylic acids is 1. The number of benzene rings is 2. The summed E-state index contributed by atoms with van der Waals surface area (Å²) in [6, 6.07) is 14.3. The molecule has 1 amide bonds. The summed E-state index contributed by atoms with van der Waals surface area (Å²) in [5.41, 5.74) is 0.724. The largest absolute Gasteiger partial charge is 0.416 e. The lowest BCUT2D eigenvalue weighted by Gasteiger charge is -2.46. The minimum atomic E-state index is -4.40. The van der Waals surface area contributed by atoms with E-state index in [2.05, 4.69) is 0 Å². The van der Waals surface area contributed by atoms with Gasteiger partial charge in [0.1, 0.15) is 12.8 Å². The van der Waals surface area contributed by atoms with Crippen molar-refractivity contribution in [1.29, 1.82) is 0 Å². The fourth-order valence-corrected chi connectivity index (χ4v) is 3.64. The Balaban J connectivity index is 1.53. The van der Waals surface area contributed by atoms with Gasteiger partial charge in [0.25, 0.3) is 5.91 Å². The van der Waals surface area contributed by atoms with Crippen molar-refractivity contribution in [3.8, 4) is 0 Å². The first-order valence-corrected chi connectivity index (χ1v) is 9.01. The fourth-order valence-electron chi connectivity index (χ4n) is 3.64. The fraction of sp³-hybridized carbons (Fsp3) is 0.286. The average molecular weight is 388 g/mol. The highest BCUT2D eigenvalue weighted by atomic mass is 19.4. The van der Waals surface area contributed by atoms with Gasteiger partial charge in [0.05, 0.1) is 18.0 Å². The molecule has 0 radical (unpaired) electrons. The summed E-state index contributed by atoms with van der Waals surface area (Å²) in [6.07, 6.45) is -0.995. The number of hydrogen-bond donors (Lipinski definition) is 0. The Labute approximate surface area is 160 Å². The first kappa shape index (κ1) is 18.7. The standard InChI is InChI=1S/C21H19F3N2O2/c22-21(23,24)17-9-4-8-16(13-17)20-18-10-5-11-25(20)14-26(28-18)19(27)12-15-6-2-1-3-7-15/h1-10,13,18,20H,11-12,14H2/t18-,20-/m0/s1. The normalized spacial score (nSPS) is 24.2. The van der Waals surface area contributed by atoms with Crippen LogP contribution in [0.2, 0.25) is 0 Å². The van der Waals surface area contributed by atoms with Crippen LogP contribution in [0.25, 0.3) is 0 Å². The second-order valence-electron chi connectivity index (χ2n) is 6.91. The Bertz CT molecular complexity index is 883. The SMILES string of the molecule is O=C(Cc1ccccc1)N1CN2CC=C[C@H](O1)[C@@H]2c1cccc(C(F)(F)F)c1. The van der Waals surface area contributed by atoms with E-state index in [4.69, 9.17) is 4.84 Å². The number of alkyl halides is 3. The van der Waals surface area contributed by atoms with E-state index in [0.29, 0.717) is 12.1 Å². The molecule has 2 aromatic carbocycles. The number of fused-ring (bicyclic) bond motifs is 2. The third-order valence-electron chi connectivity index (χ3n) is 4.96. The third kappa shape index (κ3) is 3.81. The molecule has 28 heavy (non-hydrogen) atoms. The lowest BCUT2D eigenvalue weighted by molar-refractivity contribution is -0.254. The minimum Gasteiger partial charge on any atom is -0.272 e. The molecule has 2 aromatic rings. The maximum absolute atomic E-state index is 13.1. The zero-order chi connectivity index (χ0) is 19.7. The summed E-state index contributed by atoms with van der Waals surface area (Å²) < 4.78 is 39.3. The zero-order valence-electron chi connectivity index (χ0n) is 15.0. The lowest BCUT2D eigenvalue weighted by Crippen LogP contribution is -2.55. The first-order valence-electron chi connectivity index (χ1n) is 9.01. The Hall–Kier alpha value is -2.64.